The normalized spacial score (nSPS) is 15.1. The highest BCUT2D eigenvalue weighted by Crippen LogP contribution is 2.26. The number of nitrogens with zero attached hydrogens (tertiary/aromatic N) is 3. The quantitative estimate of drug-likeness (QED) is 0.646. The van der Waals surface area contributed by atoms with Crippen molar-refractivity contribution in [2.24, 2.45) is 0 Å². The highest BCUT2D eigenvalue weighted by molar-refractivity contribution is 7.92. The van der Waals surface area contributed by atoms with Crippen LogP contribution in [0.4, 0.5) is 5.69 Å². The summed E-state index contributed by atoms with van der Waals surface area (Å²) < 4.78 is 31.6. The highest BCUT2D eigenvalue weighted by atomic mass is 35.5. The van der Waals surface area contributed by atoms with Crippen molar-refractivity contribution in [1.29, 1.82) is 0 Å². The van der Waals surface area contributed by atoms with Crippen LogP contribution in [0.15, 0.2) is 48.5 Å². The maximum absolute atomic E-state index is 12.3. The van der Waals surface area contributed by atoms with E-state index in [1.807, 2.05) is 13.1 Å². The molecular weight excluding hydrogens is 426 g/mol. The zero-order chi connectivity index (χ0) is 21.7. The molecule has 0 bridgehead atoms. The van der Waals surface area contributed by atoms with Gasteiger partial charge in [0.1, 0.15) is 5.75 Å². The van der Waals surface area contributed by atoms with Crippen LogP contribution < -0.4 is 9.04 Å². The molecule has 0 aliphatic carbocycles. The second kappa shape index (κ2) is 9.68. The molecule has 1 aliphatic rings. The van der Waals surface area contributed by atoms with Crippen LogP contribution in [0.2, 0.25) is 5.02 Å². The lowest BCUT2D eigenvalue weighted by Gasteiger charge is -2.32. The van der Waals surface area contributed by atoms with Gasteiger partial charge in [-0.3, -0.25) is 9.10 Å². The first kappa shape index (κ1) is 22.4. The van der Waals surface area contributed by atoms with Gasteiger partial charge in [-0.25, -0.2) is 8.42 Å². The average Bonchev–Trinajstić information content (AvgIpc) is 2.71. The maximum atomic E-state index is 12.3. The molecule has 0 radical (unpaired) electrons. The molecule has 9 heteroatoms. The maximum Gasteiger partial charge on any atom is 0.260 e. The summed E-state index contributed by atoms with van der Waals surface area (Å²) >= 11 is 6.19. The Labute approximate surface area is 182 Å². The summed E-state index contributed by atoms with van der Waals surface area (Å²) in [6.07, 6.45) is 1.16. The topological polar surface area (TPSA) is 70.2 Å². The highest BCUT2D eigenvalue weighted by Gasteiger charge is 2.21. The molecule has 30 heavy (non-hydrogen) atoms. The number of piperazine rings is 1. The van der Waals surface area contributed by atoms with E-state index in [9.17, 15) is 13.2 Å². The smallest absolute Gasteiger partial charge is 0.260 e. The van der Waals surface area contributed by atoms with Crippen molar-refractivity contribution in [2.75, 3.05) is 50.4 Å². The lowest BCUT2D eigenvalue weighted by molar-refractivity contribution is -0.134. The van der Waals surface area contributed by atoms with Crippen molar-refractivity contribution in [3.8, 4) is 5.75 Å². The molecule has 0 aromatic heterocycles. The number of rotatable bonds is 7. The van der Waals surface area contributed by atoms with Crippen molar-refractivity contribution >= 4 is 33.2 Å². The number of likely N-dealkylation sites (N-methyl/N-ethyl adjacent to an activating group) is 1. The van der Waals surface area contributed by atoms with Crippen molar-refractivity contribution < 1.29 is 17.9 Å². The van der Waals surface area contributed by atoms with Crippen LogP contribution >= 0.6 is 11.6 Å². The summed E-state index contributed by atoms with van der Waals surface area (Å²) in [4.78, 5) is 16.3. The Balaban J connectivity index is 1.65. The van der Waals surface area contributed by atoms with E-state index in [1.54, 1.807) is 47.4 Å². The number of sulfonamides is 1. The molecule has 1 amide bonds. The molecule has 1 heterocycles. The molecule has 0 saturated carbocycles. The number of hydrogen-bond acceptors (Lipinski definition) is 5. The van der Waals surface area contributed by atoms with Gasteiger partial charge in [0, 0.05) is 31.2 Å². The Hall–Kier alpha value is -2.29. The molecule has 0 N–H and O–H groups in total. The van der Waals surface area contributed by atoms with E-state index in [4.69, 9.17) is 16.3 Å². The number of hydrogen-bond donors (Lipinski definition) is 0. The lowest BCUT2D eigenvalue weighted by Crippen LogP contribution is -2.48. The number of anilines is 1. The van der Waals surface area contributed by atoms with E-state index in [2.05, 4.69) is 4.90 Å². The van der Waals surface area contributed by atoms with E-state index in [1.165, 1.54) is 4.31 Å². The second-order valence-electron chi connectivity index (χ2n) is 7.33. The summed E-state index contributed by atoms with van der Waals surface area (Å²) in [7, 11) is -1.49. The summed E-state index contributed by atoms with van der Waals surface area (Å²) in [5, 5.41) is 0.508. The fourth-order valence-electron chi connectivity index (χ4n) is 3.18. The summed E-state index contributed by atoms with van der Waals surface area (Å²) in [5.41, 5.74) is 1.21. The van der Waals surface area contributed by atoms with Crippen LogP contribution in [0.1, 0.15) is 5.56 Å². The molecule has 0 spiro atoms. The van der Waals surface area contributed by atoms with Crippen LogP contribution in [0.3, 0.4) is 0 Å². The van der Waals surface area contributed by atoms with Gasteiger partial charge in [-0.1, -0.05) is 29.8 Å². The first-order valence-corrected chi connectivity index (χ1v) is 11.9. The van der Waals surface area contributed by atoms with Gasteiger partial charge in [0.2, 0.25) is 10.0 Å². The Morgan fingerprint density at radius 2 is 1.70 bits per heavy atom. The molecule has 1 fully saturated rings. The van der Waals surface area contributed by atoms with Gasteiger partial charge in [-0.2, -0.15) is 0 Å². The van der Waals surface area contributed by atoms with Gasteiger partial charge < -0.3 is 14.5 Å². The van der Waals surface area contributed by atoms with Crippen molar-refractivity contribution in [3.63, 3.8) is 0 Å². The van der Waals surface area contributed by atoms with Gasteiger partial charge in [-0.05, 0) is 42.9 Å². The molecule has 0 unspecified atom stereocenters. The van der Waals surface area contributed by atoms with Gasteiger partial charge in [-0.15, -0.1) is 0 Å². The Morgan fingerprint density at radius 3 is 2.30 bits per heavy atom. The first-order valence-electron chi connectivity index (χ1n) is 9.64. The van der Waals surface area contributed by atoms with Gasteiger partial charge in [0.25, 0.3) is 5.91 Å². The number of amides is 1. The Morgan fingerprint density at radius 1 is 1.07 bits per heavy atom. The van der Waals surface area contributed by atoms with E-state index in [0.29, 0.717) is 35.1 Å². The number of carbonyl (C=O) groups excluding carboxylic acids is 1. The van der Waals surface area contributed by atoms with E-state index < -0.39 is 10.0 Å². The third kappa shape index (κ3) is 5.87. The minimum Gasteiger partial charge on any atom is -0.484 e. The van der Waals surface area contributed by atoms with Crippen molar-refractivity contribution in [2.45, 2.75) is 6.54 Å². The van der Waals surface area contributed by atoms with Gasteiger partial charge >= 0.3 is 0 Å². The Kier molecular flexibility index (Phi) is 7.23. The molecule has 7 nitrogen and oxygen atoms in total. The summed E-state index contributed by atoms with van der Waals surface area (Å²) in [6.45, 7) is 3.19. The van der Waals surface area contributed by atoms with E-state index in [-0.39, 0.29) is 19.1 Å². The molecule has 2 aromatic carbocycles. The molecular formula is C21H26ClN3O4S. The molecule has 1 saturated heterocycles. The summed E-state index contributed by atoms with van der Waals surface area (Å²) in [5.74, 6) is 0.455. The average molecular weight is 452 g/mol. The van der Waals surface area contributed by atoms with E-state index in [0.717, 1.165) is 19.3 Å². The predicted octanol–water partition coefficient (Wildman–Crippen LogP) is 2.46. The SMILES string of the molecule is CN1CCN(C(=O)COc2ccc(N(Cc3ccccc3Cl)S(C)(=O)=O)cc2)CC1. The van der Waals surface area contributed by atoms with Crippen LogP contribution in [-0.2, 0) is 21.4 Å². The summed E-state index contributed by atoms with van der Waals surface area (Å²) in [6, 6.07) is 13.8. The largest absolute Gasteiger partial charge is 0.484 e. The van der Waals surface area contributed by atoms with Gasteiger partial charge in [0.15, 0.2) is 6.61 Å². The van der Waals surface area contributed by atoms with Gasteiger partial charge in [0.05, 0.1) is 18.5 Å². The minimum absolute atomic E-state index is 0.0432. The Bertz CT molecular complexity index is 974. The molecule has 1 aliphatic heterocycles. The number of benzene rings is 2. The third-order valence-electron chi connectivity index (χ3n) is 5.02. The van der Waals surface area contributed by atoms with Crippen LogP contribution in [-0.4, -0.2) is 70.2 Å². The zero-order valence-electron chi connectivity index (χ0n) is 17.1. The standard InChI is InChI=1S/C21H26ClN3O4S/c1-23-11-13-24(14-12-23)21(26)16-29-19-9-7-18(8-10-19)25(30(2,27)28)15-17-5-3-4-6-20(17)22/h3-10H,11-16H2,1-2H3. The zero-order valence-corrected chi connectivity index (χ0v) is 18.7. The fraction of sp³-hybridized carbons (Fsp3) is 0.381. The monoisotopic (exact) mass is 451 g/mol. The fourth-order valence-corrected chi connectivity index (χ4v) is 4.26. The molecule has 2 aromatic rings. The number of carbonyl (C=O) groups is 1. The molecule has 3 rings (SSSR count). The van der Waals surface area contributed by atoms with E-state index >= 15 is 0 Å². The number of halogens is 1. The molecule has 0 atom stereocenters. The van der Waals surface area contributed by atoms with Crippen molar-refractivity contribution in [3.05, 3.63) is 59.1 Å². The molecule has 162 valence electrons. The van der Waals surface area contributed by atoms with Crippen LogP contribution in [0, 0.1) is 0 Å². The first-order chi connectivity index (χ1) is 14.2. The van der Waals surface area contributed by atoms with Crippen LogP contribution in [0.5, 0.6) is 5.75 Å². The number of ether oxygens (including phenoxy) is 1. The van der Waals surface area contributed by atoms with Crippen LogP contribution in [0.25, 0.3) is 0 Å². The van der Waals surface area contributed by atoms with Crippen molar-refractivity contribution in [1.82, 2.24) is 9.80 Å². The third-order valence-corrected chi connectivity index (χ3v) is 6.52. The minimum atomic E-state index is -3.52. The second-order valence-corrected chi connectivity index (χ2v) is 9.64. The predicted molar refractivity (Wildman–Crippen MR) is 118 cm³/mol. The lowest BCUT2D eigenvalue weighted by atomic mass is 10.2.